The van der Waals surface area contributed by atoms with Gasteiger partial charge in [-0.2, -0.15) is 0 Å². The first-order valence-corrected chi connectivity index (χ1v) is 6.74. The van der Waals surface area contributed by atoms with Crippen LogP contribution in [0.2, 0.25) is 0 Å². The van der Waals surface area contributed by atoms with Crippen LogP contribution in [0.25, 0.3) is 0 Å². The Balaban J connectivity index is 3.10. The first-order valence-electron chi connectivity index (χ1n) is 5.25. The third-order valence-electron chi connectivity index (χ3n) is 2.32. The van der Waals surface area contributed by atoms with Crippen molar-refractivity contribution in [2.45, 2.75) is 24.8 Å². The molecule has 3 N–H and O–H groups in total. The summed E-state index contributed by atoms with van der Waals surface area (Å²) in [5.74, 6) is -1.18. The molecule has 0 bridgehead atoms. The molecule has 0 aliphatic heterocycles. The van der Waals surface area contributed by atoms with E-state index >= 15 is 0 Å². The van der Waals surface area contributed by atoms with E-state index in [1.807, 2.05) is 0 Å². The van der Waals surface area contributed by atoms with E-state index in [0.717, 1.165) is 6.07 Å². The summed E-state index contributed by atoms with van der Waals surface area (Å²) in [6, 6.07) is 3.86. The zero-order valence-electron chi connectivity index (χ0n) is 10.0. The van der Waals surface area contributed by atoms with Crippen LogP contribution in [0.3, 0.4) is 0 Å². The number of rotatable bonds is 5. The number of aliphatic hydroxyl groups is 1. The summed E-state index contributed by atoms with van der Waals surface area (Å²) in [6.45, 7) is 2.90. The molecule has 0 fully saturated rings. The highest BCUT2D eigenvalue weighted by molar-refractivity contribution is 7.89. The van der Waals surface area contributed by atoms with E-state index < -0.39 is 22.1 Å². The molecule has 0 radical (unpaired) electrons. The van der Waals surface area contributed by atoms with Gasteiger partial charge in [-0.05, 0) is 31.5 Å². The first-order chi connectivity index (χ1) is 8.24. The number of aromatic carboxylic acids is 1. The van der Waals surface area contributed by atoms with Gasteiger partial charge in [0.15, 0.2) is 0 Å². The third-order valence-corrected chi connectivity index (χ3v) is 3.74. The summed E-state index contributed by atoms with van der Waals surface area (Å²) in [4.78, 5) is 10.8. The number of carboxylic acids is 1. The molecule has 1 aromatic carbocycles. The number of nitrogens with one attached hydrogen (secondary N) is 1. The molecule has 0 saturated carbocycles. The van der Waals surface area contributed by atoms with Crippen molar-refractivity contribution in [2.24, 2.45) is 0 Å². The summed E-state index contributed by atoms with van der Waals surface area (Å²) in [7, 11) is -3.80. The van der Waals surface area contributed by atoms with Gasteiger partial charge in [-0.3, -0.25) is 0 Å². The molecule has 6 nitrogen and oxygen atoms in total. The number of sulfonamides is 1. The maximum absolute atomic E-state index is 11.8. The number of carbonyl (C=O) groups is 1. The fraction of sp³-hybridized carbons (Fsp3) is 0.364. The van der Waals surface area contributed by atoms with Gasteiger partial charge in [-0.15, -0.1) is 0 Å². The summed E-state index contributed by atoms with van der Waals surface area (Å²) in [6.07, 6.45) is -0.816. The van der Waals surface area contributed by atoms with Crippen LogP contribution in [0, 0.1) is 6.92 Å². The van der Waals surface area contributed by atoms with Crippen LogP contribution in [0.15, 0.2) is 23.1 Å². The number of hydrogen-bond donors (Lipinski definition) is 3. The van der Waals surface area contributed by atoms with Crippen molar-refractivity contribution in [1.82, 2.24) is 4.72 Å². The summed E-state index contributed by atoms with van der Waals surface area (Å²) in [5, 5.41) is 17.9. The molecule has 7 heteroatoms. The van der Waals surface area contributed by atoms with Crippen LogP contribution >= 0.6 is 0 Å². The average Bonchev–Trinajstić information content (AvgIpc) is 2.26. The zero-order chi connectivity index (χ0) is 13.9. The zero-order valence-corrected chi connectivity index (χ0v) is 10.9. The van der Waals surface area contributed by atoms with E-state index in [1.54, 1.807) is 6.92 Å². The predicted molar refractivity (Wildman–Crippen MR) is 65.0 cm³/mol. The third kappa shape index (κ3) is 3.52. The number of aliphatic hydroxyl groups excluding tert-OH is 1. The topological polar surface area (TPSA) is 104 Å². The Labute approximate surface area is 105 Å². The van der Waals surface area contributed by atoms with Gasteiger partial charge >= 0.3 is 5.97 Å². The van der Waals surface area contributed by atoms with Gasteiger partial charge in [0.05, 0.1) is 16.6 Å². The van der Waals surface area contributed by atoms with Gasteiger partial charge in [0.1, 0.15) is 0 Å². The van der Waals surface area contributed by atoms with Crippen molar-refractivity contribution in [2.75, 3.05) is 6.54 Å². The second-order valence-electron chi connectivity index (χ2n) is 3.98. The Kier molecular flexibility index (Phi) is 4.44. The maximum atomic E-state index is 11.8. The number of aryl methyl sites for hydroxylation is 1. The van der Waals surface area contributed by atoms with E-state index in [9.17, 15) is 13.2 Å². The largest absolute Gasteiger partial charge is 0.478 e. The maximum Gasteiger partial charge on any atom is 0.335 e. The smallest absolute Gasteiger partial charge is 0.335 e. The highest BCUT2D eigenvalue weighted by atomic mass is 32.2. The fourth-order valence-electron chi connectivity index (χ4n) is 1.31. The Bertz CT molecular complexity index is 551. The molecule has 1 rings (SSSR count). The highest BCUT2D eigenvalue weighted by Crippen LogP contribution is 2.15. The normalized spacial score (nSPS) is 13.3. The van der Waals surface area contributed by atoms with Crippen LogP contribution < -0.4 is 4.72 Å². The minimum atomic E-state index is -3.80. The molecule has 0 aliphatic rings. The first kappa shape index (κ1) is 14.6. The second-order valence-corrected chi connectivity index (χ2v) is 5.75. The van der Waals surface area contributed by atoms with Gasteiger partial charge in [-0.1, -0.05) is 6.07 Å². The monoisotopic (exact) mass is 273 g/mol. The molecular weight excluding hydrogens is 258 g/mol. The molecular formula is C11H15NO5S. The Morgan fingerprint density at radius 2 is 2.06 bits per heavy atom. The van der Waals surface area contributed by atoms with Crippen molar-refractivity contribution in [3.8, 4) is 0 Å². The summed E-state index contributed by atoms with van der Waals surface area (Å²) in [5.41, 5.74) is 0.423. The van der Waals surface area contributed by atoms with Gasteiger partial charge < -0.3 is 10.2 Å². The highest BCUT2D eigenvalue weighted by Gasteiger charge is 2.17. The molecule has 0 amide bonds. The van der Waals surface area contributed by atoms with Gasteiger partial charge in [0, 0.05) is 6.54 Å². The number of benzene rings is 1. The predicted octanol–water partition coefficient (Wildman–Crippen LogP) is 0.352. The molecule has 0 aliphatic carbocycles. The van der Waals surface area contributed by atoms with Crippen molar-refractivity contribution in [1.29, 1.82) is 0 Å². The molecule has 100 valence electrons. The SMILES string of the molecule is Cc1ccc(S(=O)(=O)NC[C@H](C)O)cc1C(=O)O. The second kappa shape index (κ2) is 5.47. The average molecular weight is 273 g/mol. The van der Waals surface area contributed by atoms with Crippen LogP contribution in [0.1, 0.15) is 22.8 Å². The minimum absolute atomic E-state index is 0.0603. The Hall–Kier alpha value is -1.44. The van der Waals surface area contributed by atoms with Crippen molar-refractivity contribution in [3.63, 3.8) is 0 Å². The molecule has 0 heterocycles. The lowest BCUT2D eigenvalue weighted by molar-refractivity contribution is 0.0696. The molecule has 1 atom stereocenters. The van der Waals surface area contributed by atoms with E-state index in [1.165, 1.54) is 19.1 Å². The lowest BCUT2D eigenvalue weighted by atomic mass is 10.1. The molecule has 0 unspecified atom stereocenters. The quantitative estimate of drug-likeness (QED) is 0.718. The van der Waals surface area contributed by atoms with Crippen molar-refractivity contribution >= 4 is 16.0 Å². The van der Waals surface area contributed by atoms with Crippen molar-refractivity contribution in [3.05, 3.63) is 29.3 Å². The minimum Gasteiger partial charge on any atom is -0.478 e. The van der Waals surface area contributed by atoms with Gasteiger partial charge in [0.25, 0.3) is 0 Å². The summed E-state index contributed by atoms with van der Waals surface area (Å²) < 4.78 is 25.8. The fourth-order valence-corrected chi connectivity index (χ4v) is 2.46. The Morgan fingerprint density at radius 1 is 1.44 bits per heavy atom. The van der Waals surface area contributed by atoms with Crippen LogP contribution in [0.4, 0.5) is 0 Å². The van der Waals surface area contributed by atoms with Crippen LogP contribution in [0.5, 0.6) is 0 Å². The number of hydrogen-bond acceptors (Lipinski definition) is 4. The Morgan fingerprint density at radius 3 is 2.56 bits per heavy atom. The lowest BCUT2D eigenvalue weighted by Gasteiger charge is -2.09. The van der Waals surface area contributed by atoms with Crippen LogP contribution in [-0.2, 0) is 10.0 Å². The molecule has 1 aromatic rings. The van der Waals surface area contributed by atoms with E-state index in [-0.39, 0.29) is 17.0 Å². The standard InChI is InChI=1S/C11H15NO5S/c1-7-3-4-9(5-10(7)11(14)15)18(16,17)12-6-8(2)13/h3-5,8,12-13H,6H2,1-2H3,(H,14,15)/t8-/m0/s1. The van der Waals surface area contributed by atoms with Gasteiger partial charge in [-0.25, -0.2) is 17.9 Å². The number of carboxylic acid groups (broad SMARTS) is 1. The summed E-state index contributed by atoms with van der Waals surface area (Å²) >= 11 is 0. The molecule has 0 saturated heterocycles. The van der Waals surface area contributed by atoms with Crippen molar-refractivity contribution < 1.29 is 23.4 Å². The van der Waals surface area contributed by atoms with Crippen LogP contribution in [-0.4, -0.2) is 37.2 Å². The van der Waals surface area contributed by atoms with E-state index in [2.05, 4.69) is 4.72 Å². The van der Waals surface area contributed by atoms with E-state index in [4.69, 9.17) is 10.2 Å². The molecule has 18 heavy (non-hydrogen) atoms. The van der Waals surface area contributed by atoms with E-state index in [0.29, 0.717) is 5.56 Å². The van der Waals surface area contributed by atoms with Gasteiger partial charge in [0.2, 0.25) is 10.0 Å². The molecule has 0 spiro atoms. The molecule has 0 aromatic heterocycles. The lowest BCUT2D eigenvalue weighted by Crippen LogP contribution is -2.30.